The first-order valence-corrected chi connectivity index (χ1v) is 14.9. The summed E-state index contributed by atoms with van der Waals surface area (Å²) in [5, 5.41) is 3.22. The van der Waals surface area contributed by atoms with E-state index in [1.807, 2.05) is 27.7 Å². The number of benzene rings is 3. The Morgan fingerprint density at radius 3 is 2.23 bits per heavy atom. The highest BCUT2D eigenvalue weighted by molar-refractivity contribution is 7.92. The van der Waals surface area contributed by atoms with Gasteiger partial charge in [0.2, 0.25) is 11.8 Å². The van der Waals surface area contributed by atoms with E-state index < -0.39 is 40.2 Å². The summed E-state index contributed by atoms with van der Waals surface area (Å²) in [7, 11) is -4.23. The number of nitrogens with one attached hydrogen (secondary N) is 1. The molecule has 0 saturated heterocycles. The topological polar surface area (TPSA) is 86.8 Å². The molecule has 3 aromatic carbocycles. The maximum atomic E-state index is 14.6. The van der Waals surface area contributed by atoms with Crippen LogP contribution in [-0.4, -0.2) is 43.8 Å². The molecule has 0 aliphatic rings. The van der Waals surface area contributed by atoms with Gasteiger partial charge in [0.1, 0.15) is 18.4 Å². The van der Waals surface area contributed by atoms with Crippen LogP contribution in [0.25, 0.3) is 0 Å². The van der Waals surface area contributed by atoms with Crippen molar-refractivity contribution >= 4 is 39.1 Å². The third-order valence-electron chi connectivity index (χ3n) is 6.93. The second kappa shape index (κ2) is 13.3. The van der Waals surface area contributed by atoms with Gasteiger partial charge in [-0.25, -0.2) is 12.8 Å². The lowest BCUT2D eigenvalue weighted by Gasteiger charge is -2.32. The van der Waals surface area contributed by atoms with Crippen molar-refractivity contribution in [2.24, 2.45) is 0 Å². The molecular weight excluding hydrogens is 553 g/mol. The minimum Gasteiger partial charge on any atom is -0.352 e. The minimum atomic E-state index is -4.23. The van der Waals surface area contributed by atoms with Gasteiger partial charge in [-0.3, -0.25) is 13.9 Å². The molecule has 0 bridgehead atoms. The molecule has 3 aromatic rings. The van der Waals surface area contributed by atoms with Gasteiger partial charge in [-0.2, -0.15) is 0 Å². The Morgan fingerprint density at radius 2 is 1.62 bits per heavy atom. The zero-order valence-corrected chi connectivity index (χ0v) is 24.9. The Balaban J connectivity index is 2.06. The van der Waals surface area contributed by atoms with Gasteiger partial charge in [0.05, 0.1) is 10.6 Å². The normalized spacial score (nSPS) is 12.9. The van der Waals surface area contributed by atoms with E-state index in [4.69, 9.17) is 11.6 Å². The summed E-state index contributed by atoms with van der Waals surface area (Å²) >= 11 is 5.99. The van der Waals surface area contributed by atoms with Crippen LogP contribution in [0, 0.1) is 19.7 Å². The summed E-state index contributed by atoms with van der Waals surface area (Å²) in [6, 6.07) is 15.6. The van der Waals surface area contributed by atoms with E-state index in [1.54, 1.807) is 31.2 Å². The molecule has 214 valence electrons. The van der Waals surface area contributed by atoms with E-state index >= 15 is 0 Å². The summed E-state index contributed by atoms with van der Waals surface area (Å²) in [4.78, 5) is 28.2. The molecular formula is C30H35ClFN3O4S. The number of carbonyl (C=O) groups excluding carboxylic acids is 2. The summed E-state index contributed by atoms with van der Waals surface area (Å²) in [5.41, 5.74) is 2.28. The Morgan fingerprint density at radius 1 is 0.975 bits per heavy atom. The van der Waals surface area contributed by atoms with E-state index in [0.29, 0.717) is 11.4 Å². The molecule has 0 fully saturated rings. The molecule has 3 rings (SSSR count). The van der Waals surface area contributed by atoms with Crippen LogP contribution in [-0.2, 0) is 26.2 Å². The van der Waals surface area contributed by atoms with Gasteiger partial charge in [-0.15, -0.1) is 0 Å². The largest absolute Gasteiger partial charge is 0.352 e. The van der Waals surface area contributed by atoms with E-state index in [2.05, 4.69) is 5.32 Å². The molecule has 0 heterocycles. The van der Waals surface area contributed by atoms with Crippen LogP contribution in [0.4, 0.5) is 10.1 Å². The number of amides is 2. The first kappa shape index (κ1) is 31.1. The zero-order valence-electron chi connectivity index (χ0n) is 23.3. The Labute approximate surface area is 241 Å². The van der Waals surface area contributed by atoms with Crippen molar-refractivity contribution in [3.05, 3.63) is 94.3 Å². The lowest BCUT2D eigenvalue weighted by molar-refractivity contribution is -0.139. The molecule has 0 aliphatic heterocycles. The van der Waals surface area contributed by atoms with Gasteiger partial charge in [-0.05, 0) is 87.7 Å². The molecule has 0 aromatic heterocycles. The van der Waals surface area contributed by atoms with Gasteiger partial charge in [0.25, 0.3) is 10.0 Å². The van der Waals surface area contributed by atoms with E-state index in [-0.39, 0.29) is 28.7 Å². The van der Waals surface area contributed by atoms with E-state index in [1.165, 1.54) is 47.4 Å². The van der Waals surface area contributed by atoms with Crippen molar-refractivity contribution in [3.8, 4) is 0 Å². The average Bonchev–Trinajstić information content (AvgIpc) is 2.92. The van der Waals surface area contributed by atoms with Crippen molar-refractivity contribution in [2.45, 2.75) is 64.6 Å². The Hall–Kier alpha value is -3.43. The standard InChI is InChI=1S/C30H35ClFN3O4S/c1-6-22(4)33-30(37)23(5)34(18-24-9-7-8-10-28(24)32)29(36)19-35(26-14-11-20(2)21(3)17-26)40(38,39)27-15-12-25(31)13-16-27/h7-17,22-23H,6,18-19H2,1-5H3,(H,33,37). The number of hydrogen-bond donors (Lipinski definition) is 1. The lowest BCUT2D eigenvalue weighted by atomic mass is 10.1. The van der Waals surface area contributed by atoms with Crippen LogP contribution in [0.1, 0.15) is 43.9 Å². The number of sulfonamides is 1. The lowest BCUT2D eigenvalue weighted by Crippen LogP contribution is -2.52. The number of nitrogens with zero attached hydrogens (tertiary/aromatic N) is 2. The second-order valence-electron chi connectivity index (χ2n) is 9.84. The third-order valence-corrected chi connectivity index (χ3v) is 8.97. The molecule has 2 atom stereocenters. The summed E-state index contributed by atoms with van der Waals surface area (Å²) < 4.78 is 43.4. The van der Waals surface area contributed by atoms with Gasteiger partial charge in [0, 0.05) is 23.2 Å². The molecule has 0 aliphatic carbocycles. The van der Waals surface area contributed by atoms with Crippen molar-refractivity contribution in [1.82, 2.24) is 10.2 Å². The van der Waals surface area contributed by atoms with Gasteiger partial charge in [-0.1, -0.05) is 42.8 Å². The number of halogens is 2. The first-order chi connectivity index (χ1) is 18.8. The molecule has 0 radical (unpaired) electrons. The fourth-order valence-corrected chi connectivity index (χ4v) is 5.53. The van der Waals surface area contributed by atoms with Crippen molar-refractivity contribution in [2.75, 3.05) is 10.8 Å². The Kier molecular flexibility index (Phi) is 10.3. The van der Waals surface area contributed by atoms with E-state index in [9.17, 15) is 22.4 Å². The van der Waals surface area contributed by atoms with Crippen molar-refractivity contribution < 1.29 is 22.4 Å². The molecule has 7 nitrogen and oxygen atoms in total. The predicted molar refractivity (Wildman–Crippen MR) is 156 cm³/mol. The minimum absolute atomic E-state index is 0.0499. The molecule has 0 saturated carbocycles. The van der Waals surface area contributed by atoms with Crippen LogP contribution in [0.15, 0.2) is 71.6 Å². The predicted octanol–water partition coefficient (Wildman–Crippen LogP) is 5.62. The number of anilines is 1. The highest BCUT2D eigenvalue weighted by Crippen LogP contribution is 2.27. The van der Waals surface area contributed by atoms with Crippen molar-refractivity contribution in [3.63, 3.8) is 0 Å². The quantitative estimate of drug-likeness (QED) is 0.315. The number of rotatable bonds is 11. The molecule has 2 amide bonds. The van der Waals surface area contributed by atoms with Gasteiger partial charge < -0.3 is 10.2 Å². The Bertz CT molecular complexity index is 1460. The maximum Gasteiger partial charge on any atom is 0.264 e. The summed E-state index contributed by atoms with van der Waals surface area (Å²) in [6.45, 7) is 8.22. The van der Waals surface area contributed by atoms with Gasteiger partial charge in [0.15, 0.2) is 0 Å². The van der Waals surface area contributed by atoms with E-state index in [0.717, 1.165) is 15.4 Å². The summed E-state index contributed by atoms with van der Waals surface area (Å²) in [6.07, 6.45) is 0.680. The fraction of sp³-hybridized carbons (Fsp3) is 0.333. The highest BCUT2D eigenvalue weighted by atomic mass is 35.5. The smallest absolute Gasteiger partial charge is 0.264 e. The molecule has 0 spiro atoms. The first-order valence-electron chi connectivity index (χ1n) is 13.0. The zero-order chi connectivity index (χ0) is 29.6. The third kappa shape index (κ3) is 7.40. The molecule has 10 heteroatoms. The number of aryl methyl sites for hydroxylation is 2. The fourth-order valence-electron chi connectivity index (χ4n) is 4.00. The number of carbonyl (C=O) groups is 2. The SMILES string of the molecule is CCC(C)NC(=O)C(C)N(Cc1ccccc1F)C(=O)CN(c1ccc(C)c(C)c1)S(=O)(=O)c1ccc(Cl)cc1. The van der Waals surface area contributed by atoms with Crippen molar-refractivity contribution in [1.29, 1.82) is 0 Å². The van der Waals surface area contributed by atoms with Crippen LogP contribution in [0.5, 0.6) is 0 Å². The molecule has 1 N–H and O–H groups in total. The van der Waals surface area contributed by atoms with Crippen LogP contribution < -0.4 is 9.62 Å². The molecule has 2 unspecified atom stereocenters. The van der Waals surface area contributed by atoms with Crippen LogP contribution in [0.2, 0.25) is 5.02 Å². The molecule has 40 heavy (non-hydrogen) atoms. The van der Waals surface area contributed by atoms with Crippen LogP contribution >= 0.6 is 11.6 Å². The number of hydrogen-bond acceptors (Lipinski definition) is 4. The summed E-state index contributed by atoms with van der Waals surface area (Å²) in [5.74, 6) is -1.61. The highest BCUT2D eigenvalue weighted by Gasteiger charge is 2.33. The monoisotopic (exact) mass is 587 g/mol. The maximum absolute atomic E-state index is 14.6. The van der Waals surface area contributed by atoms with Gasteiger partial charge >= 0.3 is 0 Å². The van der Waals surface area contributed by atoms with Crippen LogP contribution in [0.3, 0.4) is 0 Å². The second-order valence-corrected chi connectivity index (χ2v) is 12.1. The average molecular weight is 588 g/mol.